The molecule has 4 nitrogen and oxygen atoms in total. The Morgan fingerprint density at radius 2 is 2.00 bits per heavy atom. The number of aryl methyl sites for hydroxylation is 1. The van der Waals surface area contributed by atoms with Gasteiger partial charge in [-0.05, 0) is 12.0 Å². The normalized spacial score (nSPS) is 15.1. The maximum atomic E-state index is 5.64. The van der Waals surface area contributed by atoms with E-state index in [1.807, 2.05) is 18.2 Å². The van der Waals surface area contributed by atoms with Gasteiger partial charge in [0.2, 0.25) is 0 Å². The Balaban J connectivity index is 2.05. The lowest BCUT2D eigenvalue weighted by Gasteiger charge is -2.16. The molecule has 0 bridgehead atoms. The number of benzene rings is 1. The summed E-state index contributed by atoms with van der Waals surface area (Å²) in [6, 6.07) is 10.1. The summed E-state index contributed by atoms with van der Waals surface area (Å²) < 4.78 is 5.64. The van der Waals surface area contributed by atoms with Crippen LogP contribution in [0.3, 0.4) is 0 Å². The molecule has 2 aromatic rings. The second-order valence-corrected chi connectivity index (χ2v) is 4.94. The third kappa shape index (κ3) is 2.32. The molecule has 20 heavy (non-hydrogen) atoms. The van der Waals surface area contributed by atoms with Crippen molar-refractivity contribution in [2.24, 2.45) is 0 Å². The molecule has 0 spiro atoms. The Labute approximate surface area is 119 Å². The van der Waals surface area contributed by atoms with Crippen LogP contribution in [0.2, 0.25) is 0 Å². The Bertz CT molecular complexity index is 598. The second-order valence-electron chi connectivity index (χ2n) is 4.94. The third-order valence-electron chi connectivity index (χ3n) is 3.70. The van der Waals surface area contributed by atoms with E-state index in [-0.39, 0.29) is 6.10 Å². The molecule has 0 fully saturated rings. The van der Waals surface area contributed by atoms with Crippen LogP contribution in [0.1, 0.15) is 41.4 Å². The van der Waals surface area contributed by atoms with Gasteiger partial charge in [-0.3, -0.25) is 0 Å². The van der Waals surface area contributed by atoms with Crippen molar-refractivity contribution in [3.63, 3.8) is 0 Å². The minimum absolute atomic E-state index is 0.201. The summed E-state index contributed by atoms with van der Waals surface area (Å²) in [7, 11) is 1.71. The summed E-state index contributed by atoms with van der Waals surface area (Å²) in [6.45, 7) is 3.83. The summed E-state index contributed by atoms with van der Waals surface area (Å²) in [5.74, 6) is 0.762. The van der Waals surface area contributed by atoms with Crippen LogP contribution < -0.4 is 5.32 Å². The number of aromatic nitrogens is 2. The van der Waals surface area contributed by atoms with E-state index in [0.29, 0.717) is 0 Å². The molecule has 1 atom stereocenters. The van der Waals surface area contributed by atoms with E-state index in [0.717, 1.165) is 42.3 Å². The molecule has 1 N–H and O–H groups in total. The number of nitrogens with zero attached hydrogens (tertiary/aromatic N) is 2. The van der Waals surface area contributed by atoms with Gasteiger partial charge in [0.1, 0.15) is 6.10 Å². The van der Waals surface area contributed by atoms with Gasteiger partial charge in [-0.15, -0.1) is 0 Å². The summed E-state index contributed by atoms with van der Waals surface area (Å²) in [4.78, 5) is 9.45. The van der Waals surface area contributed by atoms with Crippen LogP contribution in [0, 0.1) is 0 Å². The predicted molar refractivity (Wildman–Crippen MR) is 77.2 cm³/mol. The first-order valence-corrected chi connectivity index (χ1v) is 7.00. The highest BCUT2D eigenvalue weighted by Crippen LogP contribution is 2.26. The van der Waals surface area contributed by atoms with Crippen LogP contribution in [0.5, 0.6) is 0 Å². The molecule has 1 aliphatic heterocycles. The number of rotatable bonds is 4. The SMILES string of the molecule is CCc1nc(C(OC)c2ccccc2)nc2c1CNC2. The number of ether oxygens (including phenoxy) is 1. The van der Waals surface area contributed by atoms with Gasteiger partial charge < -0.3 is 10.1 Å². The van der Waals surface area contributed by atoms with E-state index in [4.69, 9.17) is 14.7 Å². The zero-order chi connectivity index (χ0) is 13.9. The lowest BCUT2D eigenvalue weighted by atomic mass is 10.1. The topological polar surface area (TPSA) is 47.0 Å². The van der Waals surface area contributed by atoms with Gasteiger partial charge >= 0.3 is 0 Å². The van der Waals surface area contributed by atoms with Crippen LogP contribution >= 0.6 is 0 Å². The summed E-state index contributed by atoms with van der Waals surface area (Å²) >= 11 is 0. The molecule has 1 aromatic heterocycles. The Morgan fingerprint density at radius 1 is 1.20 bits per heavy atom. The van der Waals surface area contributed by atoms with Crippen molar-refractivity contribution in [1.82, 2.24) is 15.3 Å². The Kier molecular flexibility index (Phi) is 3.76. The van der Waals surface area contributed by atoms with Crippen molar-refractivity contribution < 1.29 is 4.74 Å². The fraction of sp³-hybridized carbons (Fsp3) is 0.375. The van der Waals surface area contributed by atoms with Crippen LogP contribution in [0.25, 0.3) is 0 Å². The first-order chi connectivity index (χ1) is 9.83. The van der Waals surface area contributed by atoms with Crippen LogP contribution in [0.15, 0.2) is 30.3 Å². The van der Waals surface area contributed by atoms with Crippen molar-refractivity contribution in [2.45, 2.75) is 32.5 Å². The van der Waals surface area contributed by atoms with Gasteiger partial charge in [-0.25, -0.2) is 9.97 Å². The lowest BCUT2D eigenvalue weighted by Crippen LogP contribution is -2.12. The molecule has 0 radical (unpaired) electrons. The van der Waals surface area contributed by atoms with Gasteiger partial charge in [0, 0.05) is 31.5 Å². The van der Waals surface area contributed by atoms with Gasteiger partial charge in [0.25, 0.3) is 0 Å². The average molecular weight is 269 g/mol. The second kappa shape index (κ2) is 5.69. The maximum Gasteiger partial charge on any atom is 0.162 e. The molecular formula is C16H19N3O. The highest BCUT2D eigenvalue weighted by molar-refractivity contribution is 5.32. The summed E-state index contributed by atoms with van der Waals surface area (Å²) in [6.07, 6.45) is 0.720. The van der Waals surface area contributed by atoms with Crippen molar-refractivity contribution in [2.75, 3.05) is 7.11 Å². The quantitative estimate of drug-likeness (QED) is 0.925. The first-order valence-electron chi connectivity index (χ1n) is 7.00. The largest absolute Gasteiger partial charge is 0.369 e. The molecule has 3 rings (SSSR count). The third-order valence-corrected chi connectivity index (χ3v) is 3.70. The minimum atomic E-state index is -0.201. The molecule has 0 saturated heterocycles. The van der Waals surface area contributed by atoms with Gasteiger partial charge in [-0.2, -0.15) is 0 Å². The zero-order valence-electron chi connectivity index (χ0n) is 11.9. The highest BCUT2D eigenvalue weighted by Gasteiger charge is 2.22. The van der Waals surface area contributed by atoms with E-state index >= 15 is 0 Å². The number of fused-ring (bicyclic) bond motifs is 1. The van der Waals surface area contributed by atoms with E-state index < -0.39 is 0 Å². The maximum absolute atomic E-state index is 5.64. The molecule has 1 aliphatic rings. The van der Waals surface area contributed by atoms with Gasteiger partial charge in [-0.1, -0.05) is 37.3 Å². The van der Waals surface area contributed by atoms with Gasteiger partial charge in [0.05, 0.1) is 5.69 Å². The highest BCUT2D eigenvalue weighted by atomic mass is 16.5. The first kappa shape index (κ1) is 13.2. The number of nitrogens with one attached hydrogen (secondary N) is 1. The van der Waals surface area contributed by atoms with Crippen molar-refractivity contribution in [3.05, 3.63) is 58.7 Å². The molecule has 0 aliphatic carbocycles. The minimum Gasteiger partial charge on any atom is -0.369 e. The lowest BCUT2D eigenvalue weighted by molar-refractivity contribution is 0.128. The van der Waals surface area contributed by atoms with E-state index in [9.17, 15) is 0 Å². The van der Waals surface area contributed by atoms with Crippen molar-refractivity contribution >= 4 is 0 Å². The molecule has 1 unspecified atom stereocenters. The van der Waals surface area contributed by atoms with E-state index in [1.165, 1.54) is 5.56 Å². The predicted octanol–water partition coefficient (Wildman–Crippen LogP) is 2.38. The number of hydrogen-bond donors (Lipinski definition) is 1. The van der Waals surface area contributed by atoms with Crippen LogP contribution in [-0.4, -0.2) is 17.1 Å². The molecule has 104 valence electrons. The summed E-state index contributed by atoms with van der Waals surface area (Å²) in [5.41, 5.74) is 4.60. The van der Waals surface area contributed by atoms with Crippen LogP contribution in [-0.2, 0) is 24.2 Å². The fourth-order valence-corrected chi connectivity index (χ4v) is 2.69. The monoisotopic (exact) mass is 269 g/mol. The molecular weight excluding hydrogens is 250 g/mol. The van der Waals surface area contributed by atoms with Gasteiger partial charge in [0.15, 0.2) is 5.82 Å². The molecule has 1 aromatic carbocycles. The Hall–Kier alpha value is -1.78. The van der Waals surface area contributed by atoms with Crippen molar-refractivity contribution in [3.8, 4) is 0 Å². The fourth-order valence-electron chi connectivity index (χ4n) is 2.69. The average Bonchev–Trinajstić information content (AvgIpc) is 2.97. The molecule has 0 saturated carbocycles. The molecule has 2 heterocycles. The van der Waals surface area contributed by atoms with E-state index in [1.54, 1.807) is 7.11 Å². The standard InChI is InChI=1S/C16H19N3O/c1-3-13-12-9-17-10-14(12)19-16(18-13)15(20-2)11-7-5-4-6-8-11/h4-8,15,17H,3,9-10H2,1-2H3. The van der Waals surface area contributed by atoms with E-state index in [2.05, 4.69) is 24.4 Å². The summed E-state index contributed by atoms with van der Waals surface area (Å²) in [5, 5.41) is 3.34. The molecule has 4 heteroatoms. The smallest absolute Gasteiger partial charge is 0.162 e. The number of methoxy groups -OCH3 is 1. The number of hydrogen-bond acceptors (Lipinski definition) is 4. The zero-order valence-corrected chi connectivity index (χ0v) is 11.9. The van der Waals surface area contributed by atoms with Crippen LogP contribution in [0.4, 0.5) is 0 Å². The Morgan fingerprint density at radius 3 is 2.70 bits per heavy atom. The van der Waals surface area contributed by atoms with Crippen molar-refractivity contribution in [1.29, 1.82) is 0 Å². The molecule has 0 amide bonds.